The number of likely N-dealkylation sites (N-methyl/N-ethyl adjacent to an activating group) is 1. The zero-order valence-electron chi connectivity index (χ0n) is 14.4. The second kappa shape index (κ2) is 6.97. The van der Waals surface area contributed by atoms with Crippen molar-refractivity contribution >= 4 is 11.0 Å². The van der Waals surface area contributed by atoms with Gasteiger partial charge in [0.2, 0.25) is 0 Å². The Morgan fingerprint density at radius 1 is 1.17 bits per heavy atom. The number of para-hydroxylation sites is 2. The van der Waals surface area contributed by atoms with Crippen molar-refractivity contribution < 1.29 is 0 Å². The second-order valence-electron chi connectivity index (χ2n) is 5.79. The number of fused-ring (bicyclic) bond motifs is 1. The Kier molecular flexibility index (Phi) is 4.76. The van der Waals surface area contributed by atoms with Gasteiger partial charge in [-0.1, -0.05) is 26.0 Å². The van der Waals surface area contributed by atoms with Crippen molar-refractivity contribution in [3.63, 3.8) is 0 Å². The van der Waals surface area contributed by atoms with Crippen LogP contribution in [-0.2, 0) is 13.6 Å². The maximum Gasteiger partial charge on any atom is 0.280 e. The maximum absolute atomic E-state index is 13.1. The minimum absolute atomic E-state index is 0.0878. The molecule has 6 heteroatoms. The summed E-state index contributed by atoms with van der Waals surface area (Å²) in [6, 6.07) is 7.78. The lowest BCUT2D eigenvalue weighted by Crippen LogP contribution is -2.32. The molecule has 2 aromatic heterocycles. The van der Waals surface area contributed by atoms with Gasteiger partial charge in [0.05, 0.1) is 11.0 Å². The molecule has 6 nitrogen and oxygen atoms in total. The highest BCUT2D eigenvalue weighted by molar-refractivity contribution is 5.76. The van der Waals surface area contributed by atoms with Gasteiger partial charge in [-0.05, 0) is 25.2 Å². The third kappa shape index (κ3) is 2.97. The first kappa shape index (κ1) is 16.4. The fourth-order valence-corrected chi connectivity index (χ4v) is 2.94. The molecule has 0 amide bonds. The predicted octanol–water partition coefficient (Wildman–Crippen LogP) is 2.14. The monoisotopic (exact) mass is 325 g/mol. The van der Waals surface area contributed by atoms with Crippen LogP contribution in [0.1, 0.15) is 13.8 Å². The number of benzene rings is 1. The average Bonchev–Trinajstić information content (AvgIpc) is 3.02. The lowest BCUT2D eigenvalue weighted by atomic mass is 10.2. The minimum Gasteiger partial charge on any atom is -0.333 e. The van der Waals surface area contributed by atoms with Crippen LogP contribution in [0.25, 0.3) is 22.6 Å². The molecule has 0 radical (unpaired) electrons. The van der Waals surface area contributed by atoms with Crippen LogP contribution in [0, 0.1) is 0 Å². The Balaban J connectivity index is 2.14. The van der Waals surface area contributed by atoms with Gasteiger partial charge in [0.15, 0.2) is 11.5 Å². The van der Waals surface area contributed by atoms with Crippen molar-refractivity contribution in [1.29, 1.82) is 0 Å². The first-order chi connectivity index (χ1) is 11.7. The van der Waals surface area contributed by atoms with Crippen LogP contribution in [-0.4, -0.2) is 43.6 Å². The molecule has 2 heterocycles. The van der Waals surface area contributed by atoms with E-state index in [0.717, 1.165) is 30.7 Å². The van der Waals surface area contributed by atoms with Crippen molar-refractivity contribution in [1.82, 2.24) is 24.0 Å². The average molecular weight is 325 g/mol. The Hall–Kier alpha value is -2.47. The number of hydrogen-bond acceptors (Lipinski definition) is 4. The Labute approximate surface area is 141 Å². The lowest BCUT2D eigenvalue weighted by Gasteiger charge is -2.19. The summed E-state index contributed by atoms with van der Waals surface area (Å²) in [6.07, 6.45) is 3.51. The van der Waals surface area contributed by atoms with Gasteiger partial charge in [-0.2, -0.15) is 0 Å². The van der Waals surface area contributed by atoms with Crippen molar-refractivity contribution in [3.05, 3.63) is 47.0 Å². The number of imidazole rings is 1. The second-order valence-corrected chi connectivity index (χ2v) is 5.79. The molecule has 0 spiro atoms. The summed E-state index contributed by atoms with van der Waals surface area (Å²) in [5.41, 5.74) is 2.00. The summed E-state index contributed by atoms with van der Waals surface area (Å²) in [5, 5.41) is 0. The van der Waals surface area contributed by atoms with E-state index >= 15 is 0 Å². The van der Waals surface area contributed by atoms with Crippen LogP contribution < -0.4 is 5.56 Å². The van der Waals surface area contributed by atoms with Crippen LogP contribution >= 0.6 is 0 Å². The Morgan fingerprint density at radius 3 is 2.58 bits per heavy atom. The number of aromatic nitrogens is 4. The van der Waals surface area contributed by atoms with Gasteiger partial charge in [-0.15, -0.1) is 0 Å². The predicted molar refractivity (Wildman–Crippen MR) is 96.0 cm³/mol. The number of aryl methyl sites for hydroxylation is 1. The largest absolute Gasteiger partial charge is 0.333 e. The number of rotatable bonds is 6. The zero-order valence-corrected chi connectivity index (χ0v) is 14.4. The molecular weight excluding hydrogens is 302 g/mol. The van der Waals surface area contributed by atoms with Crippen LogP contribution in [0.15, 0.2) is 41.5 Å². The molecule has 0 saturated heterocycles. The molecule has 0 unspecified atom stereocenters. The van der Waals surface area contributed by atoms with Crippen molar-refractivity contribution in [3.8, 4) is 11.5 Å². The summed E-state index contributed by atoms with van der Waals surface area (Å²) in [4.78, 5) is 24.2. The van der Waals surface area contributed by atoms with Crippen LogP contribution in [0.5, 0.6) is 0 Å². The molecule has 0 atom stereocenters. The van der Waals surface area contributed by atoms with E-state index in [-0.39, 0.29) is 5.56 Å². The van der Waals surface area contributed by atoms with Gasteiger partial charge in [-0.25, -0.2) is 9.97 Å². The normalized spacial score (nSPS) is 11.5. The summed E-state index contributed by atoms with van der Waals surface area (Å²) in [6.45, 7) is 7.69. The molecule has 0 aliphatic rings. The molecule has 0 aliphatic carbocycles. The molecule has 0 N–H and O–H groups in total. The summed E-state index contributed by atoms with van der Waals surface area (Å²) < 4.78 is 3.65. The molecular formula is C18H23N5O. The fraction of sp³-hybridized carbons (Fsp3) is 0.389. The van der Waals surface area contributed by atoms with Crippen LogP contribution in [0.3, 0.4) is 0 Å². The van der Waals surface area contributed by atoms with E-state index in [2.05, 4.69) is 28.7 Å². The van der Waals surface area contributed by atoms with Crippen LogP contribution in [0.4, 0.5) is 0 Å². The van der Waals surface area contributed by atoms with E-state index in [4.69, 9.17) is 0 Å². The van der Waals surface area contributed by atoms with E-state index in [1.807, 2.05) is 46.6 Å². The van der Waals surface area contributed by atoms with Gasteiger partial charge in [0, 0.05) is 32.5 Å². The fourth-order valence-electron chi connectivity index (χ4n) is 2.94. The van der Waals surface area contributed by atoms with E-state index in [1.165, 1.54) is 0 Å². The highest BCUT2D eigenvalue weighted by Gasteiger charge is 2.16. The highest BCUT2D eigenvalue weighted by Crippen LogP contribution is 2.15. The first-order valence-corrected chi connectivity index (χ1v) is 8.35. The van der Waals surface area contributed by atoms with E-state index < -0.39 is 0 Å². The van der Waals surface area contributed by atoms with Crippen molar-refractivity contribution in [2.75, 3.05) is 19.6 Å². The van der Waals surface area contributed by atoms with Gasteiger partial charge in [-0.3, -0.25) is 4.79 Å². The number of hydrogen-bond donors (Lipinski definition) is 0. The zero-order chi connectivity index (χ0) is 17.1. The molecule has 3 aromatic rings. The summed E-state index contributed by atoms with van der Waals surface area (Å²) in [5.74, 6) is 0.599. The molecule has 0 fully saturated rings. The SMILES string of the molecule is CCN(CC)CCn1c(=O)c(-c2nccn2C)nc2ccccc21. The Morgan fingerprint density at radius 2 is 1.92 bits per heavy atom. The smallest absolute Gasteiger partial charge is 0.280 e. The quantitative estimate of drug-likeness (QED) is 0.697. The van der Waals surface area contributed by atoms with Gasteiger partial charge in [0.25, 0.3) is 5.56 Å². The standard InChI is InChI=1S/C18H23N5O/c1-4-22(5-2)12-13-23-15-9-7-6-8-14(15)20-16(18(23)24)17-19-10-11-21(17)3/h6-11H,4-5,12-13H2,1-3H3. The topological polar surface area (TPSA) is 56.0 Å². The molecule has 126 valence electrons. The van der Waals surface area contributed by atoms with Gasteiger partial charge < -0.3 is 14.0 Å². The highest BCUT2D eigenvalue weighted by atomic mass is 16.1. The lowest BCUT2D eigenvalue weighted by molar-refractivity contribution is 0.291. The molecule has 0 aliphatic heterocycles. The van der Waals surface area contributed by atoms with E-state index in [1.54, 1.807) is 6.20 Å². The molecule has 24 heavy (non-hydrogen) atoms. The maximum atomic E-state index is 13.1. The third-order valence-corrected chi connectivity index (χ3v) is 4.42. The van der Waals surface area contributed by atoms with Gasteiger partial charge >= 0.3 is 0 Å². The van der Waals surface area contributed by atoms with E-state index in [9.17, 15) is 4.79 Å². The first-order valence-electron chi connectivity index (χ1n) is 8.35. The summed E-state index contributed by atoms with van der Waals surface area (Å²) >= 11 is 0. The molecule has 1 aromatic carbocycles. The molecule has 3 rings (SSSR count). The Bertz CT molecular complexity index is 892. The van der Waals surface area contributed by atoms with Crippen LogP contribution in [0.2, 0.25) is 0 Å². The van der Waals surface area contributed by atoms with Crippen molar-refractivity contribution in [2.24, 2.45) is 7.05 Å². The minimum atomic E-state index is -0.0878. The summed E-state index contributed by atoms with van der Waals surface area (Å²) in [7, 11) is 1.87. The molecule has 0 bridgehead atoms. The van der Waals surface area contributed by atoms with E-state index in [0.29, 0.717) is 18.1 Å². The van der Waals surface area contributed by atoms with Gasteiger partial charge in [0.1, 0.15) is 0 Å². The van der Waals surface area contributed by atoms with Crippen molar-refractivity contribution in [2.45, 2.75) is 20.4 Å². The number of nitrogens with zero attached hydrogens (tertiary/aromatic N) is 5. The molecule has 0 saturated carbocycles. The third-order valence-electron chi connectivity index (χ3n) is 4.42.